The lowest BCUT2D eigenvalue weighted by molar-refractivity contribution is -0.0180. The molecule has 2 heterocycles. The van der Waals surface area contributed by atoms with Crippen LogP contribution < -0.4 is 5.73 Å². The van der Waals surface area contributed by atoms with Gasteiger partial charge in [0.25, 0.3) is 0 Å². The highest BCUT2D eigenvalue weighted by molar-refractivity contribution is 5.38. The molecule has 0 saturated carbocycles. The molecule has 1 atom stereocenters. The van der Waals surface area contributed by atoms with E-state index in [9.17, 15) is 0 Å². The van der Waals surface area contributed by atoms with Gasteiger partial charge in [-0.3, -0.25) is 0 Å². The Bertz CT molecular complexity index is 363. The highest BCUT2D eigenvalue weighted by Crippen LogP contribution is 2.31. The molecule has 0 radical (unpaired) electrons. The van der Waals surface area contributed by atoms with Crippen LogP contribution in [-0.2, 0) is 11.2 Å². The van der Waals surface area contributed by atoms with Crippen molar-refractivity contribution in [3.05, 3.63) is 23.9 Å². The molecule has 2 rings (SSSR count). The summed E-state index contributed by atoms with van der Waals surface area (Å²) >= 11 is 0. The van der Waals surface area contributed by atoms with E-state index in [0.29, 0.717) is 11.9 Å². The molecule has 1 fully saturated rings. The van der Waals surface area contributed by atoms with Crippen LogP contribution in [0.15, 0.2) is 18.3 Å². The average Bonchev–Trinajstić information content (AvgIpc) is 2.57. The lowest BCUT2D eigenvalue weighted by Gasteiger charge is -2.19. The van der Waals surface area contributed by atoms with E-state index in [1.165, 1.54) is 0 Å². The zero-order valence-electron chi connectivity index (χ0n) is 10.1. The summed E-state index contributed by atoms with van der Waals surface area (Å²) in [5.41, 5.74) is 7.00. The average molecular weight is 220 g/mol. The van der Waals surface area contributed by atoms with E-state index in [1.807, 2.05) is 12.1 Å². The fourth-order valence-electron chi connectivity index (χ4n) is 2.26. The summed E-state index contributed by atoms with van der Waals surface area (Å²) in [5, 5.41) is 0. The standard InChI is InChI=1S/C13H20N2O/c1-13(2)8-7-11(16-13)6-5-10-4-3-9-15-12(10)14/h3-4,9,11H,5-8H2,1-2H3,(H2,14,15). The van der Waals surface area contributed by atoms with Gasteiger partial charge >= 0.3 is 0 Å². The smallest absolute Gasteiger partial charge is 0.126 e. The molecule has 1 aliphatic rings. The quantitative estimate of drug-likeness (QED) is 0.851. The Kier molecular flexibility index (Phi) is 3.15. The van der Waals surface area contributed by atoms with Crippen molar-refractivity contribution in [2.75, 3.05) is 5.73 Å². The topological polar surface area (TPSA) is 48.1 Å². The van der Waals surface area contributed by atoms with E-state index in [0.717, 1.165) is 31.2 Å². The Labute approximate surface area is 97.0 Å². The maximum Gasteiger partial charge on any atom is 0.126 e. The number of rotatable bonds is 3. The highest BCUT2D eigenvalue weighted by Gasteiger charge is 2.31. The number of aromatic nitrogens is 1. The number of ether oxygens (including phenoxy) is 1. The molecule has 0 bridgehead atoms. The highest BCUT2D eigenvalue weighted by atomic mass is 16.5. The molecule has 0 aromatic carbocycles. The number of hydrogen-bond donors (Lipinski definition) is 1. The van der Waals surface area contributed by atoms with Gasteiger partial charge in [0.05, 0.1) is 11.7 Å². The predicted octanol–water partition coefficient (Wildman–Crippen LogP) is 2.55. The van der Waals surface area contributed by atoms with Crippen molar-refractivity contribution in [3.8, 4) is 0 Å². The fraction of sp³-hybridized carbons (Fsp3) is 0.615. The number of nitrogen functional groups attached to an aromatic ring is 1. The molecule has 3 nitrogen and oxygen atoms in total. The summed E-state index contributed by atoms with van der Waals surface area (Å²) in [6.45, 7) is 4.32. The minimum Gasteiger partial charge on any atom is -0.383 e. The summed E-state index contributed by atoms with van der Waals surface area (Å²) in [6.07, 6.45) is 6.43. The van der Waals surface area contributed by atoms with Crippen LogP contribution in [0.2, 0.25) is 0 Å². The van der Waals surface area contributed by atoms with E-state index in [1.54, 1.807) is 6.20 Å². The molecule has 1 aliphatic heterocycles. The normalized spacial score (nSPS) is 23.5. The third-order valence-corrected chi connectivity index (χ3v) is 3.22. The van der Waals surface area contributed by atoms with Gasteiger partial charge in [-0.15, -0.1) is 0 Å². The van der Waals surface area contributed by atoms with Crippen molar-refractivity contribution in [3.63, 3.8) is 0 Å². The Morgan fingerprint density at radius 3 is 3.00 bits per heavy atom. The maximum absolute atomic E-state index is 5.95. The Balaban J connectivity index is 1.87. The second-order valence-electron chi connectivity index (χ2n) is 5.12. The number of aryl methyl sites for hydroxylation is 1. The van der Waals surface area contributed by atoms with E-state index in [2.05, 4.69) is 18.8 Å². The van der Waals surface area contributed by atoms with Crippen LogP contribution >= 0.6 is 0 Å². The van der Waals surface area contributed by atoms with Gasteiger partial charge in [0, 0.05) is 6.20 Å². The molecule has 88 valence electrons. The van der Waals surface area contributed by atoms with Gasteiger partial charge < -0.3 is 10.5 Å². The van der Waals surface area contributed by atoms with Crippen molar-refractivity contribution >= 4 is 5.82 Å². The molecule has 0 amide bonds. The van der Waals surface area contributed by atoms with E-state index in [4.69, 9.17) is 10.5 Å². The molecule has 16 heavy (non-hydrogen) atoms. The minimum atomic E-state index is 0.0607. The largest absolute Gasteiger partial charge is 0.383 e. The molecule has 0 aliphatic carbocycles. The first-order valence-electron chi connectivity index (χ1n) is 5.94. The molecule has 1 unspecified atom stereocenters. The lowest BCUT2D eigenvalue weighted by atomic mass is 10.0. The van der Waals surface area contributed by atoms with E-state index in [-0.39, 0.29) is 5.60 Å². The van der Waals surface area contributed by atoms with Gasteiger partial charge in [-0.1, -0.05) is 6.07 Å². The second kappa shape index (κ2) is 4.42. The summed E-state index contributed by atoms with van der Waals surface area (Å²) in [4.78, 5) is 4.09. The van der Waals surface area contributed by atoms with Crippen molar-refractivity contribution in [2.45, 2.75) is 51.2 Å². The van der Waals surface area contributed by atoms with Crippen LogP contribution in [0.4, 0.5) is 5.82 Å². The Morgan fingerprint density at radius 2 is 2.38 bits per heavy atom. The molecule has 3 heteroatoms. The molecule has 1 aromatic rings. The monoisotopic (exact) mass is 220 g/mol. The summed E-state index contributed by atoms with van der Waals surface area (Å²) < 4.78 is 5.95. The number of nitrogens with two attached hydrogens (primary N) is 1. The lowest BCUT2D eigenvalue weighted by Crippen LogP contribution is -2.20. The van der Waals surface area contributed by atoms with Gasteiger partial charge in [0.1, 0.15) is 5.82 Å². The van der Waals surface area contributed by atoms with Crippen LogP contribution in [0.5, 0.6) is 0 Å². The van der Waals surface area contributed by atoms with Gasteiger partial charge in [-0.2, -0.15) is 0 Å². The van der Waals surface area contributed by atoms with Gasteiger partial charge in [-0.05, 0) is 51.2 Å². The minimum absolute atomic E-state index is 0.0607. The maximum atomic E-state index is 5.95. The number of hydrogen-bond acceptors (Lipinski definition) is 3. The van der Waals surface area contributed by atoms with Gasteiger partial charge in [0.15, 0.2) is 0 Å². The Hall–Kier alpha value is -1.09. The van der Waals surface area contributed by atoms with Crippen LogP contribution in [-0.4, -0.2) is 16.7 Å². The van der Waals surface area contributed by atoms with Crippen LogP contribution in [0.3, 0.4) is 0 Å². The van der Waals surface area contributed by atoms with Crippen molar-refractivity contribution in [2.24, 2.45) is 0 Å². The number of pyridine rings is 1. The van der Waals surface area contributed by atoms with Crippen LogP contribution in [0, 0.1) is 0 Å². The second-order valence-corrected chi connectivity index (χ2v) is 5.12. The van der Waals surface area contributed by atoms with Gasteiger partial charge in [-0.25, -0.2) is 4.98 Å². The van der Waals surface area contributed by atoms with E-state index < -0.39 is 0 Å². The SMILES string of the molecule is CC1(C)CCC(CCc2cccnc2N)O1. The number of anilines is 1. The first-order valence-corrected chi connectivity index (χ1v) is 5.94. The fourth-order valence-corrected chi connectivity index (χ4v) is 2.26. The Morgan fingerprint density at radius 1 is 1.56 bits per heavy atom. The van der Waals surface area contributed by atoms with Gasteiger partial charge in [0.2, 0.25) is 0 Å². The molecular formula is C13H20N2O. The molecular weight excluding hydrogens is 200 g/mol. The molecule has 1 saturated heterocycles. The molecule has 0 spiro atoms. The van der Waals surface area contributed by atoms with Crippen molar-refractivity contribution in [1.82, 2.24) is 4.98 Å². The van der Waals surface area contributed by atoms with Crippen LogP contribution in [0.1, 0.15) is 38.7 Å². The van der Waals surface area contributed by atoms with E-state index >= 15 is 0 Å². The summed E-state index contributed by atoms with van der Waals surface area (Å²) in [5.74, 6) is 0.653. The molecule has 1 aromatic heterocycles. The summed E-state index contributed by atoms with van der Waals surface area (Å²) in [7, 11) is 0. The predicted molar refractivity (Wildman–Crippen MR) is 65.2 cm³/mol. The van der Waals surface area contributed by atoms with Crippen molar-refractivity contribution in [1.29, 1.82) is 0 Å². The first-order chi connectivity index (χ1) is 7.57. The third kappa shape index (κ3) is 2.73. The van der Waals surface area contributed by atoms with Crippen molar-refractivity contribution < 1.29 is 4.74 Å². The third-order valence-electron chi connectivity index (χ3n) is 3.22. The zero-order valence-corrected chi connectivity index (χ0v) is 10.1. The zero-order chi connectivity index (χ0) is 11.6. The number of nitrogens with zero attached hydrogens (tertiary/aromatic N) is 1. The molecule has 2 N–H and O–H groups in total. The first kappa shape index (κ1) is 11.4. The summed E-state index contributed by atoms with van der Waals surface area (Å²) in [6, 6.07) is 3.98. The van der Waals surface area contributed by atoms with Crippen LogP contribution in [0.25, 0.3) is 0 Å².